The topological polar surface area (TPSA) is 50.7 Å². The van der Waals surface area contributed by atoms with Crippen molar-refractivity contribution in [1.82, 2.24) is 5.32 Å². The van der Waals surface area contributed by atoms with Crippen LogP contribution in [0.15, 0.2) is 18.2 Å². The number of ether oxygens (including phenoxy) is 2. The molecule has 5 heteroatoms. The number of aromatic hydroxyl groups is 1. The van der Waals surface area contributed by atoms with Crippen LogP contribution in [0, 0.1) is 5.82 Å². The fourth-order valence-electron chi connectivity index (χ4n) is 1.79. The second-order valence-electron chi connectivity index (χ2n) is 4.17. The average Bonchev–Trinajstić information content (AvgIpc) is 2.39. The van der Waals surface area contributed by atoms with Crippen LogP contribution in [0.3, 0.4) is 0 Å². The number of halogens is 1. The molecule has 1 aromatic carbocycles. The lowest BCUT2D eigenvalue weighted by Gasteiger charge is -2.21. The lowest BCUT2D eigenvalue weighted by atomic mass is 10.1. The Morgan fingerprint density at radius 1 is 1.26 bits per heavy atom. The van der Waals surface area contributed by atoms with E-state index in [-0.39, 0.29) is 23.9 Å². The van der Waals surface area contributed by atoms with Crippen molar-refractivity contribution in [2.75, 3.05) is 19.8 Å². The van der Waals surface area contributed by atoms with Gasteiger partial charge in [0.15, 0.2) is 6.29 Å². The van der Waals surface area contributed by atoms with Crippen molar-refractivity contribution in [2.24, 2.45) is 0 Å². The minimum atomic E-state index is -0.368. The summed E-state index contributed by atoms with van der Waals surface area (Å²) in [5.41, 5.74) is 0.520. The number of hydrogen-bond donors (Lipinski definition) is 2. The van der Waals surface area contributed by atoms with Crippen molar-refractivity contribution in [3.63, 3.8) is 0 Å². The van der Waals surface area contributed by atoms with E-state index in [0.29, 0.717) is 25.3 Å². The first-order valence-electron chi connectivity index (χ1n) is 6.53. The molecule has 0 aromatic heterocycles. The van der Waals surface area contributed by atoms with Crippen LogP contribution in [0.5, 0.6) is 5.75 Å². The predicted molar refractivity (Wildman–Crippen MR) is 71.5 cm³/mol. The Balaban J connectivity index is 2.58. The van der Waals surface area contributed by atoms with Crippen LogP contribution in [-0.4, -0.2) is 31.2 Å². The standard InChI is InChI=1S/C14H22FNO3/c1-4-18-14(19-5-2)9-16-10(3)12-8-11(15)6-7-13(12)17/h6-8,10,14,16-17H,4-5,9H2,1-3H3. The molecule has 0 aliphatic carbocycles. The molecule has 1 rings (SSSR count). The van der Waals surface area contributed by atoms with E-state index in [1.54, 1.807) is 0 Å². The molecule has 0 radical (unpaired) electrons. The molecule has 19 heavy (non-hydrogen) atoms. The predicted octanol–water partition coefficient (Wildman–Crippen LogP) is 2.58. The number of hydrogen-bond acceptors (Lipinski definition) is 4. The number of phenols is 1. The van der Waals surface area contributed by atoms with Gasteiger partial charge >= 0.3 is 0 Å². The minimum absolute atomic E-state index is 0.0748. The van der Waals surface area contributed by atoms with Crippen LogP contribution in [0.1, 0.15) is 32.4 Å². The van der Waals surface area contributed by atoms with Crippen molar-refractivity contribution in [3.05, 3.63) is 29.6 Å². The van der Waals surface area contributed by atoms with Crippen LogP contribution in [-0.2, 0) is 9.47 Å². The van der Waals surface area contributed by atoms with Crippen LogP contribution in [0.2, 0.25) is 0 Å². The zero-order valence-electron chi connectivity index (χ0n) is 11.6. The zero-order valence-corrected chi connectivity index (χ0v) is 11.6. The highest BCUT2D eigenvalue weighted by Gasteiger charge is 2.14. The Morgan fingerprint density at radius 2 is 1.89 bits per heavy atom. The molecule has 1 atom stereocenters. The van der Waals surface area contributed by atoms with Crippen molar-refractivity contribution in [1.29, 1.82) is 0 Å². The number of rotatable bonds is 8. The highest BCUT2D eigenvalue weighted by atomic mass is 19.1. The van der Waals surface area contributed by atoms with Gasteiger partial charge in [-0.15, -0.1) is 0 Å². The molecule has 0 saturated heterocycles. The van der Waals surface area contributed by atoms with Crippen molar-refractivity contribution < 1.29 is 19.0 Å². The maximum atomic E-state index is 13.2. The molecule has 108 valence electrons. The summed E-state index contributed by atoms with van der Waals surface area (Å²) in [6, 6.07) is 3.71. The molecule has 0 spiro atoms. The second kappa shape index (κ2) is 8.09. The van der Waals surface area contributed by atoms with Gasteiger partial charge in [-0.1, -0.05) is 0 Å². The van der Waals surface area contributed by atoms with E-state index in [0.717, 1.165) is 0 Å². The maximum Gasteiger partial charge on any atom is 0.169 e. The lowest BCUT2D eigenvalue weighted by Crippen LogP contribution is -2.33. The summed E-state index contributed by atoms with van der Waals surface area (Å²) >= 11 is 0. The van der Waals surface area contributed by atoms with E-state index >= 15 is 0 Å². The molecule has 0 heterocycles. The Morgan fingerprint density at radius 3 is 2.47 bits per heavy atom. The van der Waals surface area contributed by atoms with Gasteiger partial charge < -0.3 is 19.9 Å². The third-order valence-corrected chi connectivity index (χ3v) is 2.75. The summed E-state index contributed by atoms with van der Waals surface area (Å²) in [6.07, 6.45) is -0.340. The highest BCUT2D eigenvalue weighted by Crippen LogP contribution is 2.24. The van der Waals surface area contributed by atoms with Crippen molar-refractivity contribution >= 4 is 0 Å². The van der Waals surface area contributed by atoms with E-state index in [4.69, 9.17) is 9.47 Å². The van der Waals surface area contributed by atoms with Crippen LogP contribution < -0.4 is 5.32 Å². The third-order valence-electron chi connectivity index (χ3n) is 2.75. The van der Waals surface area contributed by atoms with Gasteiger partial charge in [0.2, 0.25) is 0 Å². The van der Waals surface area contributed by atoms with Crippen LogP contribution >= 0.6 is 0 Å². The number of phenolic OH excluding ortho intramolecular Hbond substituents is 1. The van der Waals surface area contributed by atoms with Gasteiger partial charge in [0.05, 0.1) is 0 Å². The quantitative estimate of drug-likeness (QED) is 0.714. The molecule has 0 aliphatic rings. The Kier molecular flexibility index (Phi) is 6.77. The average molecular weight is 271 g/mol. The minimum Gasteiger partial charge on any atom is -0.508 e. The van der Waals surface area contributed by atoms with E-state index in [2.05, 4.69) is 5.32 Å². The van der Waals surface area contributed by atoms with Gasteiger partial charge in [-0.2, -0.15) is 0 Å². The third kappa shape index (κ3) is 5.14. The van der Waals surface area contributed by atoms with Gasteiger partial charge in [-0.3, -0.25) is 0 Å². The molecule has 1 unspecified atom stereocenters. The molecule has 0 aliphatic heterocycles. The molecule has 2 N–H and O–H groups in total. The number of benzene rings is 1. The molecule has 0 fully saturated rings. The van der Waals surface area contributed by atoms with Crippen molar-refractivity contribution in [2.45, 2.75) is 33.1 Å². The summed E-state index contributed by atoms with van der Waals surface area (Å²) in [4.78, 5) is 0. The SMILES string of the molecule is CCOC(CNC(C)c1cc(F)ccc1O)OCC. The van der Waals surface area contributed by atoms with E-state index in [9.17, 15) is 9.50 Å². The fourth-order valence-corrected chi connectivity index (χ4v) is 1.79. The Labute approximate surface area is 113 Å². The molecule has 0 bridgehead atoms. The summed E-state index contributed by atoms with van der Waals surface area (Å²) in [6.45, 7) is 7.24. The molecular formula is C14H22FNO3. The smallest absolute Gasteiger partial charge is 0.169 e. The first-order chi connectivity index (χ1) is 9.08. The summed E-state index contributed by atoms with van der Waals surface area (Å²) in [5.74, 6) is -0.293. The summed E-state index contributed by atoms with van der Waals surface area (Å²) in [5, 5.41) is 12.9. The van der Waals surface area contributed by atoms with Gasteiger partial charge in [-0.25, -0.2) is 4.39 Å². The van der Waals surface area contributed by atoms with Crippen LogP contribution in [0.4, 0.5) is 4.39 Å². The van der Waals surface area contributed by atoms with E-state index in [1.165, 1.54) is 18.2 Å². The lowest BCUT2D eigenvalue weighted by molar-refractivity contribution is -0.133. The largest absolute Gasteiger partial charge is 0.508 e. The van der Waals surface area contributed by atoms with Gasteiger partial charge in [0.25, 0.3) is 0 Å². The molecule has 1 aromatic rings. The van der Waals surface area contributed by atoms with Gasteiger partial charge in [0, 0.05) is 31.4 Å². The molecule has 0 saturated carbocycles. The Bertz CT molecular complexity index is 381. The summed E-state index contributed by atoms with van der Waals surface area (Å²) < 4.78 is 24.0. The highest BCUT2D eigenvalue weighted by molar-refractivity contribution is 5.34. The molecule has 0 amide bonds. The van der Waals surface area contributed by atoms with E-state index < -0.39 is 0 Å². The summed E-state index contributed by atoms with van der Waals surface area (Å²) in [7, 11) is 0. The normalized spacial score (nSPS) is 12.9. The molecule has 4 nitrogen and oxygen atoms in total. The second-order valence-corrected chi connectivity index (χ2v) is 4.17. The fraction of sp³-hybridized carbons (Fsp3) is 0.571. The first-order valence-corrected chi connectivity index (χ1v) is 6.53. The molecular weight excluding hydrogens is 249 g/mol. The van der Waals surface area contributed by atoms with Gasteiger partial charge in [0.1, 0.15) is 11.6 Å². The number of nitrogens with one attached hydrogen (secondary N) is 1. The van der Waals surface area contributed by atoms with Gasteiger partial charge in [-0.05, 0) is 39.0 Å². The van der Waals surface area contributed by atoms with E-state index in [1.807, 2.05) is 20.8 Å². The first kappa shape index (κ1) is 15.9. The maximum absolute atomic E-state index is 13.2. The van der Waals surface area contributed by atoms with Crippen LogP contribution in [0.25, 0.3) is 0 Å². The monoisotopic (exact) mass is 271 g/mol. The van der Waals surface area contributed by atoms with Crippen molar-refractivity contribution in [3.8, 4) is 5.75 Å². The Hall–Kier alpha value is -1.17. The zero-order chi connectivity index (χ0) is 14.3.